The Bertz CT molecular complexity index is 1360. The van der Waals surface area contributed by atoms with Crippen LogP contribution in [0.1, 0.15) is 69.4 Å². The fraction of sp³-hybridized carbons (Fsp3) is 0.552. The number of hydrogen-bond acceptors (Lipinski definition) is 6. The maximum atomic E-state index is 6.17. The average molecular weight is 503 g/mol. The van der Waals surface area contributed by atoms with Crippen molar-refractivity contribution in [3.05, 3.63) is 53.7 Å². The summed E-state index contributed by atoms with van der Waals surface area (Å²) in [6, 6.07) is 8.76. The Morgan fingerprint density at radius 2 is 1.86 bits per heavy atom. The minimum absolute atomic E-state index is 0.0264. The number of nitrogens with two attached hydrogens (primary N) is 1. The molecule has 0 amide bonds. The molecule has 1 atom stereocenters. The molecule has 2 aliphatic heterocycles. The Balaban J connectivity index is 0.00000137. The van der Waals surface area contributed by atoms with Crippen LogP contribution in [0.15, 0.2) is 36.8 Å². The lowest BCUT2D eigenvalue weighted by Crippen LogP contribution is -2.48. The molecule has 0 bridgehead atoms. The molecule has 2 N–H and O–H groups in total. The largest absolute Gasteiger partial charge is 0.383 e. The van der Waals surface area contributed by atoms with Gasteiger partial charge in [-0.25, -0.2) is 14.6 Å². The molecule has 2 saturated heterocycles. The summed E-state index contributed by atoms with van der Waals surface area (Å²) in [4.78, 5) is 13.9. The third-order valence-electron chi connectivity index (χ3n) is 8.47. The molecule has 2 fully saturated rings. The molecule has 1 unspecified atom stereocenters. The Kier molecular flexibility index (Phi) is 7.23. The van der Waals surface area contributed by atoms with E-state index in [-0.39, 0.29) is 6.04 Å². The summed E-state index contributed by atoms with van der Waals surface area (Å²) >= 11 is 0. The number of aryl methyl sites for hydroxylation is 1. The highest BCUT2D eigenvalue weighted by atomic mass is 15.3. The first-order valence-corrected chi connectivity index (χ1v) is 13.9. The van der Waals surface area contributed by atoms with E-state index < -0.39 is 0 Å². The Hall–Kier alpha value is -2.97. The van der Waals surface area contributed by atoms with Crippen LogP contribution in [0.5, 0.6) is 0 Å². The molecular weight excluding hydrogens is 460 g/mol. The fourth-order valence-corrected chi connectivity index (χ4v) is 6.56. The standard InChI is InChI=1S/C27H36N8.C2H6/c1-19-24-25(28)29-18-30-26(24)35(31-19)20(2)22-15-21-7-4-5-12-34(21)23(22)16-33-13-9-27(10-14-33)8-6-11-32(3)17-27;1-2/h4-5,7,12,15,18,20H,6,8-11,13-14,16-17H2,1-3H3,(H2,28,29,30);1-2H3. The van der Waals surface area contributed by atoms with Crippen molar-refractivity contribution in [3.63, 3.8) is 0 Å². The van der Waals surface area contributed by atoms with Crippen LogP contribution >= 0.6 is 0 Å². The van der Waals surface area contributed by atoms with Crippen LogP contribution in [-0.4, -0.2) is 67.2 Å². The average Bonchev–Trinajstić information content (AvgIpc) is 3.45. The maximum Gasteiger partial charge on any atom is 0.164 e. The SMILES string of the molecule is CC.Cc1nn(C(C)c2cc3ccccn3c2CN2CCC3(CCCN(C)C3)CC2)c2ncnc(N)c12. The van der Waals surface area contributed by atoms with Crippen LogP contribution in [-0.2, 0) is 6.54 Å². The first-order valence-electron chi connectivity index (χ1n) is 13.9. The third kappa shape index (κ3) is 4.73. The van der Waals surface area contributed by atoms with Gasteiger partial charge in [-0.05, 0) is 95.4 Å². The predicted molar refractivity (Wildman–Crippen MR) is 151 cm³/mol. The van der Waals surface area contributed by atoms with E-state index in [4.69, 9.17) is 10.8 Å². The predicted octanol–water partition coefficient (Wildman–Crippen LogP) is 4.91. The Morgan fingerprint density at radius 1 is 1.08 bits per heavy atom. The van der Waals surface area contributed by atoms with Gasteiger partial charge < -0.3 is 15.0 Å². The summed E-state index contributed by atoms with van der Waals surface area (Å²) in [6.07, 6.45) is 9.04. The molecule has 1 spiro atoms. The van der Waals surface area contributed by atoms with Crippen molar-refractivity contribution in [1.82, 2.24) is 33.9 Å². The quantitative estimate of drug-likeness (QED) is 0.427. The second kappa shape index (κ2) is 10.4. The van der Waals surface area contributed by atoms with Gasteiger partial charge in [0.15, 0.2) is 5.65 Å². The van der Waals surface area contributed by atoms with E-state index in [2.05, 4.69) is 68.6 Å². The first-order chi connectivity index (χ1) is 17.9. The molecule has 4 aromatic heterocycles. The van der Waals surface area contributed by atoms with Gasteiger partial charge >= 0.3 is 0 Å². The summed E-state index contributed by atoms with van der Waals surface area (Å²) in [5.74, 6) is 0.490. The van der Waals surface area contributed by atoms with Crippen molar-refractivity contribution in [2.45, 2.75) is 66.0 Å². The number of likely N-dealkylation sites (tertiary alicyclic amines) is 2. The third-order valence-corrected chi connectivity index (χ3v) is 8.47. The zero-order valence-electron chi connectivity index (χ0n) is 23.1. The van der Waals surface area contributed by atoms with Gasteiger partial charge in [-0.15, -0.1) is 0 Å². The lowest BCUT2D eigenvalue weighted by atomic mass is 9.72. The number of aromatic nitrogens is 5. The number of anilines is 1. The monoisotopic (exact) mass is 502 g/mol. The zero-order valence-corrected chi connectivity index (χ0v) is 23.1. The number of rotatable bonds is 4. The normalized spacial score (nSPS) is 19.3. The van der Waals surface area contributed by atoms with E-state index in [0.717, 1.165) is 36.4 Å². The number of nitrogen functional groups attached to an aromatic ring is 1. The topological polar surface area (TPSA) is 80.5 Å². The van der Waals surface area contributed by atoms with Gasteiger partial charge in [0, 0.05) is 30.5 Å². The van der Waals surface area contributed by atoms with Crippen LogP contribution in [0.4, 0.5) is 5.82 Å². The number of hydrogen-bond donors (Lipinski definition) is 1. The second-order valence-electron chi connectivity index (χ2n) is 10.8. The van der Waals surface area contributed by atoms with Gasteiger partial charge in [0.05, 0.1) is 17.1 Å². The minimum Gasteiger partial charge on any atom is -0.383 e. The van der Waals surface area contributed by atoms with E-state index >= 15 is 0 Å². The first kappa shape index (κ1) is 25.7. The molecule has 8 nitrogen and oxygen atoms in total. The van der Waals surface area contributed by atoms with Crippen molar-refractivity contribution in [2.24, 2.45) is 5.41 Å². The number of nitrogens with zero attached hydrogens (tertiary/aromatic N) is 7. The Labute approximate surface area is 220 Å². The molecule has 6 rings (SSSR count). The molecule has 6 heterocycles. The summed E-state index contributed by atoms with van der Waals surface area (Å²) < 4.78 is 4.37. The highest BCUT2D eigenvalue weighted by Crippen LogP contribution is 2.40. The van der Waals surface area contributed by atoms with E-state index in [9.17, 15) is 0 Å². The van der Waals surface area contributed by atoms with Crippen LogP contribution in [0.2, 0.25) is 0 Å². The molecule has 0 aromatic carbocycles. The zero-order chi connectivity index (χ0) is 26.2. The number of pyridine rings is 1. The molecule has 0 aliphatic carbocycles. The highest BCUT2D eigenvalue weighted by Gasteiger charge is 2.37. The van der Waals surface area contributed by atoms with Crippen molar-refractivity contribution >= 4 is 22.4 Å². The van der Waals surface area contributed by atoms with Crippen LogP contribution in [0, 0.1) is 12.3 Å². The number of piperidine rings is 2. The smallest absolute Gasteiger partial charge is 0.164 e. The minimum atomic E-state index is 0.0264. The van der Waals surface area contributed by atoms with Crippen LogP contribution < -0.4 is 5.73 Å². The molecule has 2 aliphatic rings. The van der Waals surface area contributed by atoms with Gasteiger partial charge in [0.1, 0.15) is 12.1 Å². The molecular formula is C29H42N8. The van der Waals surface area contributed by atoms with E-state index in [1.165, 1.54) is 61.9 Å². The second-order valence-corrected chi connectivity index (χ2v) is 10.8. The van der Waals surface area contributed by atoms with Crippen molar-refractivity contribution in [2.75, 3.05) is 39.0 Å². The number of fused-ring (bicyclic) bond motifs is 2. The fourth-order valence-electron chi connectivity index (χ4n) is 6.56. The van der Waals surface area contributed by atoms with Crippen molar-refractivity contribution in [3.8, 4) is 0 Å². The molecule has 0 saturated carbocycles. The van der Waals surface area contributed by atoms with Gasteiger partial charge in [-0.3, -0.25) is 4.90 Å². The van der Waals surface area contributed by atoms with Crippen molar-refractivity contribution in [1.29, 1.82) is 0 Å². The summed E-state index contributed by atoms with van der Waals surface area (Å²) in [5.41, 5.74) is 12.2. The van der Waals surface area contributed by atoms with E-state index in [1.54, 1.807) is 0 Å². The van der Waals surface area contributed by atoms with E-state index in [1.807, 2.05) is 25.5 Å². The molecule has 37 heavy (non-hydrogen) atoms. The van der Waals surface area contributed by atoms with Gasteiger partial charge in [0.2, 0.25) is 0 Å². The van der Waals surface area contributed by atoms with Crippen LogP contribution in [0.25, 0.3) is 16.6 Å². The molecule has 4 aromatic rings. The summed E-state index contributed by atoms with van der Waals surface area (Å²) in [7, 11) is 2.28. The van der Waals surface area contributed by atoms with E-state index in [0.29, 0.717) is 11.2 Å². The molecule has 8 heteroatoms. The van der Waals surface area contributed by atoms with Crippen LogP contribution in [0.3, 0.4) is 0 Å². The maximum absolute atomic E-state index is 6.17. The lowest BCUT2D eigenvalue weighted by molar-refractivity contribution is 0.0312. The highest BCUT2D eigenvalue weighted by molar-refractivity contribution is 5.88. The summed E-state index contributed by atoms with van der Waals surface area (Å²) in [6.45, 7) is 14.0. The molecule has 198 valence electrons. The lowest BCUT2D eigenvalue weighted by Gasteiger charge is -2.47. The van der Waals surface area contributed by atoms with Gasteiger partial charge in [0.25, 0.3) is 0 Å². The Morgan fingerprint density at radius 3 is 2.62 bits per heavy atom. The summed E-state index contributed by atoms with van der Waals surface area (Å²) in [5, 5.41) is 5.71. The van der Waals surface area contributed by atoms with Gasteiger partial charge in [-0.2, -0.15) is 5.10 Å². The molecule has 0 radical (unpaired) electrons. The van der Waals surface area contributed by atoms with Gasteiger partial charge in [-0.1, -0.05) is 19.9 Å². The van der Waals surface area contributed by atoms with Crippen molar-refractivity contribution < 1.29 is 0 Å².